The first-order valence-corrected chi connectivity index (χ1v) is 9.22. The Morgan fingerprint density at radius 2 is 1.95 bits per heavy atom. The number of fused-ring (bicyclic) bond motifs is 1. The quantitative estimate of drug-likeness (QED) is 0.632. The van der Waals surface area contributed by atoms with Crippen molar-refractivity contribution in [3.63, 3.8) is 0 Å². The van der Waals surface area contributed by atoms with Crippen LogP contribution in [-0.4, -0.2) is 17.8 Å². The molecule has 0 amide bonds. The molecule has 22 heavy (non-hydrogen) atoms. The molecule has 2 atom stereocenters. The summed E-state index contributed by atoms with van der Waals surface area (Å²) >= 11 is 0. The van der Waals surface area contributed by atoms with Gasteiger partial charge in [0.2, 0.25) is 0 Å². The van der Waals surface area contributed by atoms with Crippen molar-refractivity contribution in [1.82, 2.24) is 0 Å². The fraction of sp³-hybridized carbons (Fsp3) is 0.700. The molecule has 0 radical (unpaired) electrons. The molecule has 3 N–H and O–H groups in total. The molecule has 1 aliphatic carbocycles. The molecule has 1 aromatic rings. The SMILES string of the molecule is CCCCCCCCc1ccc2c(c1)CCC2CC(N)CO. The lowest BCUT2D eigenvalue weighted by atomic mass is 9.93. The van der Waals surface area contributed by atoms with Crippen molar-refractivity contribution in [2.75, 3.05) is 6.61 Å². The maximum absolute atomic E-state index is 9.14. The van der Waals surface area contributed by atoms with Crippen molar-refractivity contribution >= 4 is 0 Å². The van der Waals surface area contributed by atoms with Crippen LogP contribution in [0.4, 0.5) is 0 Å². The molecule has 0 spiro atoms. The number of rotatable bonds is 10. The average molecular weight is 303 g/mol. The minimum absolute atomic E-state index is 0.0706. The van der Waals surface area contributed by atoms with Gasteiger partial charge in [-0.25, -0.2) is 0 Å². The highest BCUT2D eigenvalue weighted by Crippen LogP contribution is 2.36. The molecule has 0 bridgehead atoms. The normalized spacial score (nSPS) is 18.4. The predicted octanol–water partition coefficient (Wildman–Crippen LogP) is 4.33. The Morgan fingerprint density at radius 3 is 2.73 bits per heavy atom. The second-order valence-electron chi connectivity index (χ2n) is 6.96. The number of benzene rings is 1. The van der Waals surface area contributed by atoms with Gasteiger partial charge in [-0.3, -0.25) is 0 Å². The van der Waals surface area contributed by atoms with Gasteiger partial charge in [0.1, 0.15) is 0 Å². The van der Waals surface area contributed by atoms with Gasteiger partial charge in [0, 0.05) is 6.04 Å². The van der Waals surface area contributed by atoms with Crippen molar-refractivity contribution in [3.05, 3.63) is 34.9 Å². The smallest absolute Gasteiger partial charge is 0.0582 e. The molecule has 0 heterocycles. The van der Waals surface area contributed by atoms with Crippen LogP contribution in [0.25, 0.3) is 0 Å². The van der Waals surface area contributed by atoms with Crippen LogP contribution in [0.1, 0.15) is 80.9 Å². The van der Waals surface area contributed by atoms with Crippen molar-refractivity contribution in [3.8, 4) is 0 Å². The molecule has 2 heteroatoms. The van der Waals surface area contributed by atoms with Crippen LogP contribution < -0.4 is 5.73 Å². The molecule has 2 unspecified atom stereocenters. The van der Waals surface area contributed by atoms with Gasteiger partial charge in [-0.05, 0) is 54.7 Å². The number of aliphatic hydroxyl groups excluding tert-OH is 1. The highest BCUT2D eigenvalue weighted by molar-refractivity contribution is 5.38. The standard InChI is InChI=1S/C20H33NO/c1-2-3-4-5-6-7-8-16-9-12-20-17(13-16)10-11-18(20)14-19(21)15-22/h9,12-13,18-19,22H,2-8,10-11,14-15,21H2,1H3. The van der Waals surface area contributed by atoms with Gasteiger partial charge in [0.05, 0.1) is 6.61 Å². The fourth-order valence-electron chi connectivity index (χ4n) is 3.71. The van der Waals surface area contributed by atoms with Gasteiger partial charge in [-0.15, -0.1) is 0 Å². The van der Waals surface area contributed by atoms with Gasteiger partial charge in [-0.2, -0.15) is 0 Å². The second-order valence-corrected chi connectivity index (χ2v) is 6.96. The lowest BCUT2D eigenvalue weighted by Gasteiger charge is -2.16. The first-order chi connectivity index (χ1) is 10.7. The predicted molar refractivity (Wildman–Crippen MR) is 94.3 cm³/mol. The monoisotopic (exact) mass is 303 g/mol. The number of hydrogen-bond acceptors (Lipinski definition) is 2. The Hall–Kier alpha value is -0.860. The molecule has 2 rings (SSSR count). The lowest BCUT2D eigenvalue weighted by molar-refractivity contribution is 0.254. The van der Waals surface area contributed by atoms with E-state index in [0.29, 0.717) is 5.92 Å². The van der Waals surface area contributed by atoms with E-state index in [1.807, 2.05) is 0 Å². The van der Waals surface area contributed by atoms with Crippen molar-refractivity contribution in [2.24, 2.45) is 5.73 Å². The largest absolute Gasteiger partial charge is 0.395 e. The molecule has 124 valence electrons. The van der Waals surface area contributed by atoms with Crippen molar-refractivity contribution < 1.29 is 5.11 Å². The summed E-state index contributed by atoms with van der Waals surface area (Å²) in [6.45, 7) is 2.37. The summed E-state index contributed by atoms with van der Waals surface area (Å²) in [4.78, 5) is 0. The number of unbranched alkanes of at least 4 members (excludes halogenated alkanes) is 5. The maximum Gasteiger partial charge on any atom is 0.0582 e. The van der Waals surface area contributed by atoms with Crippen LogP contribution in [0.3, 0.4) is 0 Å². The van der Waals surface area contributed by atoms with Gasteiger partial charge in [0.15, 0.2) is 0 Å². The number of aryl methyl sites for hydroxylation is 2. The molecule has 1 aliphatic rings. The average Bonchev–Trinajstić information content (AvgIpc) is 2.93. The van der Waals surface area contributed by atoms with E-state index >= 15 is 0 Å². The highest BCUT2D eigenvalue weighted by atomic mass is 16.3. The van der Waals surface area contributed by atoms with Gasteiger partial charge in [-0.1, -0.05) is 57.2 Å². The lowest BCUT2D eigenvalue weighted by Crippen LogP contribution is -2.26. The third-order valence-corrected chi connectivity index (χ3v) is 5.05. The summed E-state index contributed by atoms with van der Waals surface area (Å²) in [5.41, 5.74) is 10.4. The number of nitrogens with two attached hydrogens (primary N) is 1. The van der Waals surface area contributed by atoms with Crippen LogP contribution in [-0.2, 0) is 12.8 Å². The van der Waals surface area contributed by atoms with E-state index in [4.69, 9.17) is 10.8 Å². The zero-order valence-corrected chi connectivity index (χ0v) is 14.2. The molecule has 0 aromatic heterocycles. The topological polar surface area (TPSA) is 46.2 Å². The molecule has 2 nitrogen and oxygen atoms in total. The van der Waals surface area contributed by atoms with E-state index in [1.54, 1.807) is 0 Å². The van der Waals surface area contributed by atoms with Gasteiger partial charge in [0.25, 0.3) is 0 Å². The molecular formula is C20H33NO. The first kappa shape index (κ1) is 17.5. The molecular weight excluding hydrogens is 270 g/mol. The van der Waals surface area contributed by atoms with E-state index in [2.05, 4.69) is 25.1 Å². The van der Waals surface area contributed by atoms with Gasteiger partial charge < -0.3 is 10.8 Å². The van der Waals surface area contributed by atoms with Crippen LogP contribution in [0.2, 0.25) is 0 Å². The zero-order valence-electron chi connectivity index (χ0n) is 14.2. The molecule has 0 saturated heterocycles. The third-order valence-electron chi connectivity index (χ3n) is 5.05. The number of hydrogen-bond donors (Lipinski definition) is 2. The molecule has 0 aliphatic heterocycles. The fourth-order valence-corrected chi connectivity index (χ4v) is 3.71. The molecule has 1 aromatic carbocycles. The summed E-state index contributed by atoms with van der Waals surface area (Å²) in [6, 6.07) is 6.99. The minimum atomic E-state index is -0.0706. The second kappa shape index (κ2) is 9.32. The van der Waals surface area contributed by atoms with Crippen LogP contribution in [0.5, 0.6) is 0 Å². The summed E-state index contributed by atoms with van der Waals surface area (Å²) in [7, 11) is 0. The Bertz CT molecular complexity index is 443. The van der Waals surface area contributed by atoms with E-state index in [1.165, 1.54) is 74.5 Å². The maximum atomic E-state index is 9.14. The summed E-state index contributed by atoms with van der Waals surface area (Å²) in [6.07, 6.45) is 12.7. The van der Waals surface area contributed by atoms with Crippen LogP contribution in [0.15, 0.2) is 18.2 Å². The Kier molecular flexibility index (Phi) is 7.41. The summed E-state index contributed by atoms with van der Waals surface area (Å²) in [5, 5.41) is 9.14. The van der Waals surface area contributed by atoms with Crippen LogP contribution in [0, 0.1) is 0 Å². The van der Waals surface area contributed by atoms with Gasteiger partial charge >= 0.3 is 0 Å². The summed E-state index contributed by atoms with van der Waals surface area (Å²) in [5.74, 6) is 0.556. The zero-order chi connectivity index (χ0) is 15.8. The van der Waals surface area contributed by atoms with Crippen molar-refractivity contribution in [2.45, 2.75) is 83.1 Å². The highest BCUT2D eigenvalue weighted by Gasteiger charge is 2.24. The Balaban J connectivity index is 1.80. The van der Waals surface area contributed by atoms with Crippen LogP contribution >= 0.6 is 0 Å². The molecule has 0 fully saturated rings. The van der Waals surface area contributed by atoms with E-state index in [0.717, 1.165) is 6.42 Å². The van der Waals surface area contributed by atoms with E-state index in [9.17, 15) is 0 Å². The number of aliphatic hydroxyl groups is 1. The Morgan fingerprint density at radius 1 is 1.18 bits per heavy atom. The van der Waals surface area contributed by atoms with E-state index in [-0.39, 0.29) is 12.6 Å². The first-order valence-electron chi connectivity index (χ1n) is 9.22. The summed E-state index contributed by atoms with van der Waals surface area (Å²) < 4.78 is 0. The Labute approximate surface area is 136 Å². The minimum Gasteiger partial charge on any atom is -0.395 e. The third kappa shape index (κ3) is 5.10. The van der Waals surface area contributed by atoms with Crippen molar-refractivity contribution in [1.29, 1.82) is 0 Å². The molecule has 0 saturated carbocycles. The van der Waals surface area contributed by atoms with E-state index < -0.39 is 0 Å².